The van der Waals surface area contributed by atoms with Gasteiger partial charge in [0.05, 0.1) is 0 Å². The summed E-state index contributed by atoms with van der Waals surface area (Å²) >= 11 is 0. The van der Waals surface area contributed by atoms with Gasteiger partial charge in [-0.25, -0.2) is 9.37 Å². The Bertz CT molecular complexity index is 771. The number of amides is 1. The quantitative estimate of drug-likeness (QED) is 0.763. The van der Waals surface area contributed by atoms with E-state index in [4.69, 9.17) is 0 Å². The summed E-state index contributed by atoms with van der Waals surface area (Å²) in [4.78, 5) is 21.6. The predicted molar refractivity (Wildman–Crippen MR) is 108 cm³/mol. The lowest BCUT2D eigenvalue weighted by Crippen LogP contribution is -2.45. The summed E-state index contributed by atoms with van der Waals surface area (Å²) in [5, 5.41) is 0. The maximum atomic E-state index is 13.2. The van der Waals surface area contributed by atoms with Gasteiger partial charge in [0.25, 0.3) is 0 Å². The summed E-state index contributed by atoms with van der Waals surface area (Å²) in [5.41, 5.74) is 1.11. The monoisotopic (exact) mass is 386 g/mol. The molecule has 5 nitrogen and oxygen atoms in total. The van der Waals surface area contributed by atoms with E-state index in [9.17, 15) is 9.18 Å². The van der Waals surface area contributed by atoms with Gasteiger partial charge in [-0.3, -0.25) is 9.69 Å². The highest BCUT2D eigenvalue weighted by Crippen LogP contribution is 2.21. The molecule has 0 aliphatic carbocycles. The van der Waals surface area contributed by atoms with Crippen molar-refractivity contribution in [2.75, 3.05) is 19.6 Å². The van der Waals surface area contributed by atoms with Crippen LogP contribution >= 0.6 is 0 Å². The third-order valence-electron chi connectivity index (χ3n) is 5.66. The molecule has 0 spiro atoms. The number of halogens is 1. The van der Waals surface area contributed by atoms with E-state index in [2.05, 4.69) is 23.7 Å². The maximum Gasteiger partial charge on any atom is 0.224 e. The maximum absolute atomic E-state index is 13.2. The van der Waals surface area contributed by atoms with Crippen molar-refractivity contribution < 1.29 is 9.18 Å². The SMILES string of the molecule is Cc1nccn1CCC(=O)N1CCCN(Cc2ccc(F)cc2)[C@@H](C(C)C)C1. The molecule has 28 heavy (non-hydrogen) atoms. The molecule has 0 saturated carbocycles. The molecule has 6 heteroatoms. The Hall–Kier alpha value is -2.21. The molecule has 1 atom stereocenters. The number of hydrogen-bond acceptors (Lipinski definition) is 3. The van der Waals surface area contributed by atoms with Crippen molar-refractivity contribution in [1.82, 2.24) is 19.4 Å². The molecule has 1 aromatic heterocycles. The molecule has 1 saturated heterocycles. The molecular formula is C22H31FN4O. The fraction of sp³-hybridized carbons (Fsp3) is 0.545. The number of nitrogens with zero attached hydrogens (tertiary/aromatic N) is 4. The lowest BCUT2D eigenvalue weighted by molar-refractivity contribution is -0.132. The molecule has 0 N–H and O–H groups in total. The van der Waals surface area contributed by atoms with Gasteiger partial charge >= 0.3 is 0 Å². The molecule has 0 unspecified atom stereocenters. The summed E-state index contributed by atoms with van der Waals surface area (Å²) in [6.45, 7) is 10.3. The van der Waals surface area contributed by atoms with Crippen molar-refractivity contribution in [3.8, 4) is 0 Å². The second kappa shape index (κ2) is 9.32. The Morgan fingerprint density at radius 3 is 2.64 bits per heavy atom. The van der Waals surface area contributed by atoms with Crippen LogP contribution in [0.25, 0.3) is 0 Å². The Morgan fingerprint density at radius 1 is 1.25 bits per heavy atom. The molecule has 1 aliphatic rings. The second-order valence-corrected chi connectivity index (χ2v) is 8.02. The molecule has 1 aliphatic heterocycles. The topological polar surface area (TPSA) is 41.4 Å². The van der Waals surface area contributed by atoms with Crippen LogP contribution in [0.5, 0.6) is 0 Å². The number of hydrogen-bond donors (Lipinski definition) is 0. The molecule has 3 rings (SSSR count). The predicted octanol–water partition coefficient (Wildman–Crippen LogP) is 3.48. The van der Waals surface area contributed by atoms with Crippen LogP contribution in [-0.2, 0) is 17.9 Å². The van der Waals surface area contributed by atoms with Gasteiger partial charge in [-0.2, -0.15) is 0 Å². The highest BCUT2D eigenvalue weighted by molar-refractivity contribution is 5.76. The summed E-state index contributed by atoms with van der Waals surface area (Å²) in [5.74, 6) is 1.38. The first kappa shape index (κ1) is 20.5. The molecule has 1 fully saturated rings. The van der Waals surface area contributed by atoms with Gasteiger partial charge < -0.3 is 9.47 Å². The summed E-state index contributed by atoms with van der Waals surface area (Å²) < 4.78 is 15.2. The van der Waals surface area contributed by atoms with Crippen LogP contribution in [0.4, 0.5) is 4.39 Å². The van der Waals surface area contributed by atoms with Crippen LogP contribution in [0.15, 0.2) is 36.7 Å². The Kier molecular flexibility index (Phi) is 6.83. The minimum Gasteiger partial charge on any atom is -0.341 e. The van der Waals surface area contributed by atoms with Crippen molar-refractivity contribution >= 4 is 5.91 Å². The average molecular weight is 387 g/mol. The fourth-order valence-electron chi connectivity index (χ4n) is 3.96. The van der Waals surface area contributed by atoms with Crippen molar-refractivity contribution in [1.29, 1.82) is 0 Å². The second-order valence-electron chi connectivity index (χ2n) is 8.02. The number of imidazole rings is 1. The lowest BCUT2D eigenvalue weighted by Gasteiger charge is -2.34. The Balaban J connectivity index is 1.63. The van der Waals surface area contributed by atoms with Crippen molar-refractivity contribution in [3.05, 3.63) is 53.9 Å². The number of aryl methyl sites for hydroxylation is 2. The highest BCUT2D eigenvalue weighted by Gasteiger charge is 2.29. The normalized spacial score (nSPS) is 18.5. The summed E-state index contributed by atoms with van der Waals surface area (Å²) in [6.07, 6.45) is 5.15. The van der Waals surface area contributed by atoms with Gasteiger partial charge in [-0.1, -0.05) is 26.0 Å². The molecule has 2 heterocycles. The minimum atomic E-state index is -0.204. The van der Waals surface area contributed by atoms with Crippen molar-refractivity contribution in [3.63, 3.8) is 0 Å². The zero-order chi connectivity index (χ0) is 20.1. The summed E-state index contributed by atoms with van der Waals surface area (Å²) in [6, 6.07) is 7.05. The molecule has 152 valence electrons. The number of carbonyl (C=O) groups excluding carboxylic acids is 1. The number of rotatable bonds is 6. The van der Waals surface area contributed by atoms with Crippen LogP contribution in [-0.4, -0.2) is 50.9 Å². The van der Waals surface area contributed by atoms with Crippen LogP contribution in [0.2, 0.25) is 0 Å². The standard InChI is InChI=1S/C22H31FN4O/c1-17(2)21-16-27(22(28)9-13-25-14-10-24-18(25)3)12-4-11-26(21)15-19-5-7-20(23)8-6-19/h5-8,10,14,17,21H,4,9,11-13,15-16H2,1-3H3/t21-/m1/s1. The summed E-state index contributed by atoms with van der Waals surface area (Å²) in [7, 11) is 0. The molecule has 1 aromatic carbocycles. The largest absolute Gasteiger partial charge is 0.341 e. The van der Waals surface area contributed by atoms with Crippen molar-refractivity contribution in [2.24, 2.45) is 5.92 Å². The van der Waals surface area contributed by atoms with Crippen LogP contribution in [0.1, 0.15) is 38.1 Å². The van der Waals surface area contributed by atoms with E-state index < -0.39 is 0 Å². The van der Waals surface area contributed by atoms with Gasteiger partial charge in [-0.05, 0) is 37.0 Å². The van der Waals surface area contributed by atoms with Gasteiger partial charge in [0, 0.05) is 57.6 Å². The number of benzene rings is 1. The average Bonchev–Trinajstić information content (AvgIpc) is 2.95. The third-order valence-corrected chi connectivity index (χ3v) is 5.66. The van der Waals surface area contributed by atoms with Crippen LogP contribution in [0.3, 0.4) is 0 Å². The Morgan fingerprint density at radius 2 is 2.00 bits per heavy atom. The third kappa shape index (κ3) is 5.19. The number of carbonyl (C=O) groups is 1. The molecule has 2 aromatic rings. The van der Waals surface area contributed by atoms with Crippen LogP contribution in [0, 0.1) is 18.7 Å². The molecule has 1 amide bonds. The van der Waals surface area contributed by atoms with Gasteiger partial charge in [0.15, 0.2) is 0 Å². The fourth-order valence-corrected chi connectivity index (χ4v) is 3.96. The van der Waals surface area contributed by atoms with Gasteiger partial charge in [0.1, 0.15) is 11.6 Å². The van der Waals surface area contributed by atoms with E-state index >= 15 is 0 Å². The number of aromatic nitrogens is 2. The molecule has 0 bridgehead atoms. The molecule has 0 radical (unpaired) electrons. The van der Waals surface area contributed by atoms with E-state index in [1.165, 1.54) is 12.1 Å². The first-order valence-electron chi connectivity index (χ1n) is 10.2. The van der Waals surface area contributed by atoms with E-state index in [1.807, 2.05) is 34.7 Å². The Labute approximate surface area is 167 Å². The first-order valence-corrected chi connectivity index (χ1v) is 10.2. The highest BCUT2D eigenvalue weighted by atomic mass is 19.1. The van der Waals surface area contributed by atoms with E-state index in [-0.39, 0.29) is 11.7 Å². The van der Waals surface area contributed by atoms with E-state index in [1.54, 1.807) is 6.20 Å². The van der Waals surface area contributed by atoms with E-state index in [0.717, 1.165) is 44.0 Å². The van der Waals surface area contributed by atoms with E-state index in [0.29, 0.717) is 24.9 Å². The lowest BCUT2D eigenvalue weighted by atomic mass is 10.0. The van der Waals surface area contributed by atoms with Gasteiger partial charge in [-0.15, -0.1) is 0 Å². The molecular weight excluding hydrogens is 355 g/mol. The minimum absolute atomic E-state index is 0.204. The zero-order valence-corrected chi connectivity index (χ0v) is 17.1. The smallest absolute Gasteiger partial charge is 0.224 e. The zero-order valence-electron chi connectivity index (χ0n) is 17.1. The first-order chi connectivity index (χ1) is 13.4. The van der Waals surface area contributed by atoms with Crippen LogP contribution < -0.4 is 0 Å². The van der Waals surface area contributed by atoms with Gasteiger partial charge in [0.2, 0.25) is 5.91 Å². The van der Waals surface area contributed by atoms with Crippen molar-refractivity contribution in [2.45, 2.75) is 52.7 Å².